The zero-order valence-electron chi connectivity index (χ0n) is 16.9. The number of aliphatic imine (C=N–C) groups is 1. The van der Waals surface area contributed by atoms with Gasteiger partial charge in [-0.1, -0.05) is 12.1 Å². The number of para-hydroxylation sites is 1. The van der Waals surface area contributed by atoms with Gasteiger partial charge in [0.15, 0.2) is 23.2 Å². The third-order valence-corrected chi connectivity index (χ3v) is 4.88. The zero-order valence-corrected chi connectivity index (χ0v) is 16.9. The summed E-state index contributed by atoms with van der Waals surface area (Å²) in [5.74, 6) is 1.75. The van der Waals surface area contributed by atoms with Crippen molar-refractivity contribution >= 4 is 11.9 Å². The number of nitrogens with zero attached hydrogens (tertiary/aromatic N) is 3. The lowest BCUT2D eigenvalue weighted by Gasteiger charge is -2.36. The molecule has 29 heavy (non-hydrogen) atoms. The van der Waals surface area contributed by atoms with Crippen LogP contribution >= 0.6 is 0 Å². The highest BCUT2D eigenvalue weighted by Gasteiger charge is 2.25. The van der Waals surface area contributed by atoms with E-state index in [1.807, 2.05) is 19.1 Å². The predicted molar refractivity (Wildman–Crippen MR) is 111 cm³/mol. The van der Waals surface area contributed by atoms with Gasteiger partial charge in [0.2, 0.25) is 0 Å². The summed E-state index contributed by atoms with van der Waals surface area (Å²) in [5.41, 5.74) is 0.804. The summed E-state index contributed by atoms with van der Waals surface area (Å²) in [6, 6.07) is 8.88. The maximum Gasteiger partial charge on any atom is 0.289 e. The first kappa shape index (κ1) is 20.6. The van der Waals surface area contributed by atoms with Crippen molar-refractivity contribution in [2.75, 3.05) is 46.4 Å². The van der Waals surface area contributed by atoms with Crippen LogP contribution in [0.25, 0.3) is 0 Å². The molecule has 8 nitrogen and oxygen atoms in total. The van der Waals surface area contributed by atoms with Crippen LogP contribution in [0.15, 0.2) is 46.0 Å². The number of hydrogen-bond acceptors (Lipinski definition) is 5. The van der Waals surface area contributed by atoms with Gasteiger partial charge in [-0.3, -0.25) is 9.79 Å². The number of methoxy groups -OCH3 is 1. The number of phenols is 1. The molecule has 0 bridgehead atoms. The van der Waals surface area contributed by atoms with Crippen molar-refractivity contribution in [3.05, 3.63) is 47.9 Å². The molecule has 0 radical (unpaired) electrons. The Bertz CT molecular complexity index is 827. The van der Waals surface area contributed by atoms with Crippen molar-refractivity contribution < 1.29 is 19.1 Å². The van der Waals surface area contributed by atoms with Crippen molar-refractivity contribution in [3.8, 4) is 11.5 Å². The molecule has 1 aliphatic rings. The Morgan fingerprint density at radius 3 is 2.62 bits per heavy atom. The Balaban J connectivity index is 1.58. The maximum atomic E-state index is 12.4. The lowest BCUT2D eigenvalue weighted by atomic mass is 10.1. The minimum atomic E-state index is -0.0786. The number of carbonyl (C=O) groups excluding carboxylic acids is 1. The molecule has 1 amide bonds. The highest BCUT2D eigenvalue weighted by molar-refractivity contribution is 5.91. The molecule has 0 aliphatic carbocycles. The monoisotopic (exact) mass is 400 g/mol. The number of rotatable bonds is 6. The fourth-order valence-electron chi connectivity index (χ4n) is 3.32. The van der Waals surface area contributed by atoms with Gasteiger partial charge in [0, 0.05) is 39.3 Å². The first-order chi connectivity index (χ1) is 14.1. The summed E-state index contributed by atoms with van der Waals surface area (Å²) >= 11 is 0. The zero-order chi connectivity index (χ0) is 20.6. The molecular formula is C21H28N4O4. The number of furan rings is 1. The summed E-state index contributed by atoms with van der Waals surface area (Å²) < 4.78 is 10.4. The fourth-order valence-corrected chi connectivity index (χ4v) is 3.32. The number of guanidine groups is 1. The van der Waals surface area contributed by atoms with Gasteiger partial charge in [-0.05, 0) is 37.1 Å². The molecule has 8 heteroatoms. The Hall–Kier alpha value is -3.16. The minimum absolute atomic E-state index is 0.0786. The summed E-state index contributed by atoms with van der Waals surface area (Å²) in [6.45, 7) is 5.94. The smallest absolute Gasteiger partial charge is 0.289 e. The molecule has 156 valence electrons. The molecule has 1 saturated heterocycles. The van der Waals surface area contributed by atoms with Gasteiger partial charge in [0.05, 0.1) is 13.4 Å². The molecule has 1 fully saturated rings. The SMILES string of the molecule is CCNC(=NCCc1cccc(OC)c1O)N1CCN(C(=O)c2ccco2)CC1. The van der Waals surface area contributed by atoms with Gasteiger partial charge in [-0.15, -0.1) is 0 Å². The fraction of sp³-hybridized carbons (Fsp3) is 0.429. The number of phenolic OH excluding ortho intramolecular Hbond substituents is 1. The van der Waals surface area contributed by atoms with Crippen LogP contribution in [0.2, 0.25) is 0 Å². The summed E-state index contributed by atoms with van der Waals surface area (Å²) in [6.07, 6.45) is 2.12. The number of benzene rings is 1. The van der Waals surface area contributed by atoms with E-state index >= 15 is 0 Å². The molecule has 1 aromatic heterocycles. The number of piperazine rings is 1. The summed E-state index contributed by atoms with van der Waals surface area (Å²) in [5, 5.41) is 13.5. The molecule has 1 aliphatic heterocycles. The van der Waals surface area contributed by atoms with Gasteiger partial charge in [-0.25, -0.2) is 0 Å². The summed E-state index contributed by atoms with van der Waals surface area (Å²) in [7, 11) is 1.54. The van der Waals surface area contributed by atoms with Crippen LogP contribution in [0.3, 0.4) is 0 Å². The maximum absolute atomic E-state index is 12.4. The number of amides is 1. The quantitative estimate of drug-likeness (QED) is 0.569. The van der Waals surface area contributed by atoms with Crippen LogP contribution in [-0.4, -0.2) is 73.2 Å². The van der Waals surface area contributed by atoms with Gasteiger partial charge in [0.1, 0.15) is 0 Å². The molecule has 2 N–H and O–H groups in total. The minimum Gasteiger partial charge on any atom is -0.504 e. The van der Waals surface area contributed by atoms with Crippen molar-refractivity contribution in [3.63, 3.8) is 0 Å². The normalized spacial score (nSPS) is 14.8. The van der Waals surface area contributed by atoms with Crippen LogP contribution in [-0.2, 0) is 6.42 Å². The van der Waals surface area contributed by atoms with Crippen LogP contribution in [0.5, 0.6) is 11.5 Å². The molecule has 0 unspecified atom stereocenters. The molecule has 2 heterocycles. The third kappa shape index (κ3) is 5.01. The number of carbonyl (C=O) groups is 1. The van der Waals surface area contributed by atoms with E-state index in [1.165, 1.54) is 13.4 Å². The number of aromatic hydroxyl groups is 1. The molecule has 3 rings (SSSR count). The Morgan fingerprint density at radius 2 is 1.97 bits per heavy atom. The number of nitrogens with one attached hydrogen (secondary N) is 1. The Labute approximate surface area is 170 Å². The van der Waals surface area contributed by atoms with Gasteiger partial charge in [-0.2, -0.15) is 0 Å². The second-order valence-electron chi connectivity index (χ2n) is 6.71. The van der Waals surface area contributed by atoms with E-state index < -0.39 is 0 Å². The van der Waals surface area contributed by atoms with E-state index in [9.17, 15) is 9.90 Å². The van der Waals surface area contributed by atoms with E-state index in [4.69, 9.17) is 14.1 Å². The van der Waals surface area contributed by atoms with Crippen molar-refractivity contribution in [2.45, 2.75) is 13.3 Å². The van der Waals surface area contributed by atoms with Crippen molar-refractivity contribution in [1.82, 2.24) is 15.1 Å². The van der Waals surface area contributed by atoms with E-state index in [1.54, 1.807) is 23.1 Å². The molecular weight excluding hydrogens is 372 g/mol. The topological polar surface area (TPSA) is 90.5 Å². The average molecular weight is 400 g/mol. The van der Waals surface area contributed by atoms with E-state index in [0.717, 1.165) is 18.1 Å². The van der Waals surface area contributed by atoms with E-state index in [2.05, 4.69) is 10.2 Å². The summed E-state index contributed by atoms with van der Waals surface area (Å²) in [4.78, 5) is 21.1. The highest BCUT2D eigenvalue weighted by atomic mass is 16.5. The second-order valence-corrected chi connectivity index (χ2v) is 6.71. The van der Waals surface area contributed by atoms with Crippen LogP contribution in [0.4, 0.5) is 0 Å². The van der Waals surface area contributed by atoms with Gasteiger partial charge < -0.3 is 29.4 Å². The lowest BCUT2D eigenvalue weighted by molar-refractivity contribution is 0.0657. The second kappa shape index (κ2) is 9.86. The van der Waals surface area contributed by atoms with E-state index in [0.29, 0.717) is 50.7 Å². The number of hydrogen-bond donors (Lipinski definition) is 2. The molecule has 0 spiro atoms. The Kier molecular flexibility index (Phi) is 6.99. The Morgan fingerprint density at radius 1 is 1.21 bits per heavy atom. The first-order valence-electron chi connectivity index (χ1n) is 9.85. The van der Waals surface area contributed by atoms with Crippen LogP contribution < -0.4 is 10.1 Å². The lowest BCUT2D eigenvalue weighted by Crippen LogP contribution is -2.53. The molecule has 0 saturated carbocycles. The van der Waals surface area contributed by atoms with Gasteiger partial charge >= 0.3 is 0 Å². The van der Waals surface area contributed by atoms with Crippen LogP contribution in [0.1, 0.15) is 23.0 Å². The third-order valence-electron chi connectivity index (χ3n) is 4.88. The largest absolute Gasteiger partial charge is 0.504 e. The first-order valence-corrected chi connectivity index (χ1v) is 9.85. The van der Waals surface area contributed by atoms with Crippen LogP contribution in [0, 0.1) is 0 Å². The van der Waals surface area contributed by atoms with Crippen molar-refractivity contribution in [2.24, 2.45) is 4.99 Å². The predicted octanol–water partition coefficient (Wildman–Crippen LogP) is 1.96. The van der Waals surface area contributed by atoms with Crippen molar-refractivity contribution in [1.29, 1.82) is 0 Å². The van der Waals surface area contributed by atoms with Gasteiger partial charge in [0.25, 0.3) is 5.91 Å². The molecule has 0 atom stereocenters. The molecule has 1 aromatic carbocycles. The van der Waals surface area contributed by atoms with E-state index in [-0.39, 0.29) is 11.7 Å². The highest BCUT2D eigenvalue weighted by Crippen LogP contribution is 2.29. The molecule has 2 aromatic rings. The standard InChI is InChI=1S/C21H28N4O4/c1-3-22-21(23-10-9-16-6-4-7-17(28-2)19(16)26)25-13-11-24(12-14-25)20(27)18-8-5-15-29-18/h4-8,15,26H,3,9-14H2,1-2H3,(H,22,23). The number of ether oxygens (including phenoxy) is 1. The average Bonchev–Trinajstić information content (AvgIpc) is 3.29.